The van der Waals surface area contributed by atoms with Gasteiger partial charge >= 0.3 is 6.18 Å². The highest BCUT2D eigenvalue weighted by atomic mass is 19.4. The second-order valence-corrected chi connectivity index (χ2v) is 4.76. The van der Waals surface area contributed by atoms with E-state index in [1.54, 1.807) is 6.07 Å². The molecule has 0 amide bonds. The van der Waals surface area contributed by atoms with Crippen molar-refractivity contribution in [2.45, 2.75) is 44.4 Å². The Morgan fingerprint density at radius 3 is 2.24 bits per heavy atom. The summed E-state index contributed by atoms with van der Waals surface area (Å²) in [7, 11) is 0. The quantitative estimate of drug-likeness (QED) is 0.803. The Morgan fingerprint density at radius 2 is 1.65 bits per heavy atom. The van der Waals surface area contributed by atoms with Gasteiger partial charge < -0.3 is 5.11 Å². The molecule has 1 aromatic carbocycles. The van der Waals surface area contributed by atoms with Gasteiger partial charge in [-0.15, -0.1) is 0 Å². The molecule has 1 aliphatic rings. The normalized spacial score (nSPS) is 19.6. The van der Waals surface area contributed by atoms with E-state index < -0.39 is 11.8 Å². The van der Waals surface area contributed by atoms with Crippen LogP contribution in [0.15, 0.2) is 18.2 Å². The minimum absolute atomic E-state index is 0.0642. The van der Waals surface area contributed by atoms with Crippen molar-refractivity contribution in [3.05, 3.63) is 34.9 Å². The van der Waals surface area contributed by atoms with E-state index in [4.69, 9.17) is 0 Å². The van der Waals surface area contributed by atoms with Crippen molar-refractivity contribution in [1.29, 1.82) is 0 Å². The zero-order chi connectivity index (χ0) is 12.7. The van der Waals surface area contributed by atoms with Crippen LogP contribution in [-0.2, 0) is 18.4 Å². The van der Waals surface area contributed by atoms with Gasteiger partial charge in [0.25, 0.3) is 0 Å². The maximum absolute atomic E-state index is 12.7. The van der Waals surface area contributed by atoms with Crippen molar-refractivity contribution in [1.82, 2.24) is 0 Å². The lowest BCUT2D eigenvalue weighted by Gasteiger charge is -2.28. The summed E-state index contributed by atoms with van der Waals surface area (Å²) < 4.78 is 38.1. The molecule has 1 aromatic rings. The Bertz CT molecular complexity index is 421. The standard InChI is InChI=1S/C13H15F3O/c1-12(17,13(14,15)16)11-7-6-9-4-2-3-5-10(9)8-11/h6-8,17H,2-5H2,1H3. The smallest absolute Gasteiger partial charge is 0.376 e. The Morgan fingerprint density at radius 1 is 1.06 bits per heavy atom. The molecule has 0 saturated carbocycles. The molecule has 1 atom stereocenters. The first kappa shape index (κ1) is 12.4. The number of hydrogen-bond donors (Lipinski definition) is 1. The van der Waals surface area contributed by atoms with Crippen molar-refractivity contribution >= 4 is 0 Å². The number of alkyl halides is 3. The average molecular weight is 244 g/mol. The van der Waals surface area contributed by atoms with Crippen molar-refractivity contribution in [2.24, 2.45) is 0 Å². The van der Waals surface area contributed by atoms with Crippen LogP contribution in [-0.4, -0.2) is 11.3 Å². The summed E-state index contributed by atoms with van der Waals surface area (Å²) in [5.41, 5.74) is -0.777. The predicted molar refractivity (Wildman–Crippen MR) is 58.7 cm³/mol. The zero-order valence-corrected chi connectivity index (χ0v) is 9.64. The highest BCUT2D eigenvalue weighted by Gasteiger charge is 2.51. The number of aryl methyl sites for hydroxylation is 2. The molecule has 2 rings (SSSR count). The number of rotatable bonds is 1. The second-order valence-electron chi connectivity index (χ2n) is 4.76. The van der Waals surface area contributed by atoms with Crippen LogP contribution in [0, 0.1) is 0 Å². The molecular weight excluding hydrogens is 229 g/mol. The van der Waals surface area contributed by atoms with E-state index in [1.165, 1.54) is 12.1 Å². The molecule has 0 aliphatic heterocycles. The van der Waals surface area contributed by atoms with E-state index >= 15 is 0 Å². The monoisotopic (exact) mass is 244 g/mol. The third-order valence-electron chi connectivity index (χ3n) is 3.46. The number of halogens is 3. The van der Waals surface area contributed by atoms with Gasteiger partial charge in [-0.2, -0.15) is 13.2 Å². The molecule has 1 N–H and O–H groups in total. The van der Waals surface area contributed by atoms with Gasteiger partial charge in [0.05, 0.1) is 0 Å². The van der Waals surface area contributed by atoms with Crippen LogP contribution in [0.1, 0.15) is 36.5 Å². The molecule has 4 heteroatoms. The Labute approximate surface area is 98.3 Å². The van der Waals surface area contributed by atoms with Crippen molar-refractivity contribution in [3.63, 3.8) is 0 Å². The summed E-state index contributed by atoms with van der Waals surface area (Å²) in [5, 5.41) is 9.60. The van der Waals surface area contributed by atoms with Crippen molar-refractivity contribution < 1.29 is 18.3 Å². The van der Waals surface area contributed by atoms with Crippen LogP contribution in [0.5, 0.6) is 0 Å². The van der Waals surface area contributed by atoms with Crippen LogP contribution < -0.4 is 0 Å². The fraction of sp³-hybridized carbons (Fsp3) is 0.538. The number of fused-ring (bicyclic) bond motifs is 1. The lowest BCUT2D eigenvalue weighted by atomic mass is 9.86. The Balaban J connectivity index is 2.40. The summed E-state index contributed by atoms with van der Waals surface area (Å²) in [4.78, 5) is 0. The van der Waals surface area contributed by atoms with Gasteiger partial charge in [-0.25, -0.2) is 0 Å². The minimum atomic E-state index is -4.64. The number of hydrogen-bond acceptors (Lipinski definition) is 1. The summed E-state index contributed by atoms with van der Waals surface area (Å²) in [6, 6.07) is 4.60. The summed E-state index contributed by atoms with van der Waals surface area (Å²) in [5.74, 6) is 0. The molecule has 0 radical (unpaired) electrons. The maximum atomic E-state index is 12.7. The van der Waals surface area contributed by atoms with Gasteiger partial charge in [-0.1, -0.05) is 18.2 Å². The molecule has 0 fully saturated rings. The summed E-state index contributed by atoms with van der Waals surface area (Å²) >= 11 is 0. The molecule has 0 heterocycles. The van der Waals surface area contributed by atoms with E-state index in [0.29, 0.717) is 0 Å². The Hall–Kier alpha value is -1.03. The molecule has 94 valence electrons. The first-order chi connectivity index (χ1) is 7.82. The predicted octanol–water partition coefficient (Wildman–Crippen LogP) is 3.34. The van der Waals surface area contributed by atoms with Crippen LogP contribution in [0.4, 0.5) is 13.2 Å². The first-order valence-electron chi connectivity index (χ1n) is 5.74. The molecule has 1 unspecified atom stereocenters. The average Bonchev–Trinajstić information content (AvgIpc) is 2.27. The van der Waals surface area contributed by atoms with Gasteiger partial charge in [-0.05, 0) is 49.3 Å². The topological polar surface area (TPSA) is 20.2 Å². The first-order valence-corrected chi connectivity index (χ1v) is 5.74. The fourth-order valence-corrected chi connectivity index (χ4v) is 2.20. The molecular formula is C13H15F3O. The molecule has 0 saturated heterocycles. The van der Waals surface area contributed by atoms with E-state index in [1.807, 2.05) is 0 Å². The number of benzene rings is 1. The lowest BCUT2D eigenvalue weighted by molar-refractivity contribution is -0.258. The van der Waals surface area contributed by atoms with Crippen LogP contribution in [0.2, 0.25) is 0 Å². The van der Waals surface area contributed by atoms with Gasteiger partial charge in [0, 0.05) is 0 Å². The summed E-state index contributed by atoms with van der Waals surface area (Å²) in [6.45, 7) is 0.803. The summed E-state index contributed by atoms with van der Waals surface area (Å²) in [6.07, 6.45) is -0.830. The molecule has 1 nitrogen and oxygen atoms in total. The van der Waals surface area contributed by atoms with Gasteiger partial charge in [0.2, 0.25) is 0 Å². The van der Waals surface area contributed by atoms with Crippen LogP contribution in [0.3, 0.4) is 0 Å². The van der Waals surface area contributed by atoms with Gasteiger partial charge in [-0.3, -0.25) is 0 Å². The Kier molecular flexibility index (Phi) is 2.94. The van der Waals surface area contributed by atoms with E-state index in [9.17, 15) is 18.3 Å². The highest BCUT2D eigenvalue weighted by molar-refractivity contribution is 5.36. The maximum Gasteiger partial charge on any atom is 0.421 e. The zero-order valence-electron chi connectivity index (χ0n) is 9.64. The van der Waals surface area contributed by atoms with Crippen molar-refractivity contribution in [2.75, 3.05) is 0 Å². The SMILES string of the molecule is CC(O)(c1ccc2c(c1)CCCC2)C(F)(F)F. The van der Waals surface area contributed by atoms with Gasteiger partial charge in [0.1, 0.15) is 0 Å². The lowest BCUT2D eigenvalue weighted by Crippen LogP contribution is -2.39. The molecule has 0 spiro atoms. The minimum Gasteiger partial charge on any atom is -0.376 e. The van der Waals surface area contributed by atoms with E-state index in [0.717, 1.165) is 43.7 Å². The van der Waals surface area contributed by atoms with Crippen molar-refractivity contribution in [3.8, 4) is 0 Å². The fourth-order valence-electron chi connectivity index (χ4n) is 2.20. The molecule has 0 aromatic heterocycles. The molecule has 0 bridgehead atoms. The highest BCUT2D eigenvalue weighted by Crippen LogP contribution is 2.39. The van der Waals surface area contributed by atoms with E-state index in [2.05, 4.69) is 0 Å². The third-order valence-corrected chi connectivity index (χ3v) is 3.46. The largest absolute Gasteiger partial charge is 0.421 e. The van der Waals surface area contributed by atoms with E-state index in [-0.39, 0.29) is 5.56 Å². The second kappa shape index (κ2) is 4.02. The van der Waals surface area contributed by atoms with Gasteiger partial charge in [0.15, 0.2) is 5.60 Å². The molecule has 17 heavy (non-hydrogen) atoms. The van der Waals surface area contributed by atoms with Crippen LogP contribution >= 0.6 is 0 Å². The molecule has 1 aliphatic carbocycles. The number of aliphatic hydroxyl groups is 1. The third kappa shape index (κ3) is 2.18. The van der Waals surface area contributed by atoms with Crippen LogP contribution in [0.25, 0.3) is 0 Å².